The number of nitrogens with one attached hydrogen (secondary N) is 2. The van der Waals surface area contributed by atoms with Crippen LogP contribution in [0.5, 0.6) is 11.5 Å². The highest BCUT2D eigenvalue weighted by atomic mass is 16.5. The summed E-state index contributed by atoms with van der Waals surface area (Å²) in [5, 5.41) is 8.40. The van der Waals surface area contributed by atoms with Gasteiger partial charge in [-0.2, -0.15) is 4.98 Å². The number of unbranched alkanes of at least 4 members (excludes halogenated alkanes) is 1. The molecule has 36 heavy (non-hydrogen) atoms. The zero-order chi connectivity index (χ0) is 25.3. The number of methoxy groups -OCH3 is 2. The van der Waals surface area contributed by atoms with Crippen LogP contribution < -0.4 is 25.0 Å². The van der Waals surface area contributed by atoms with Crippen LogP contribution in [0.2, 0.25) is 0 Å². The molecule has 1 aromatic heterocycles. The normalized spacial score (nSPS) is 17.7. The molecule has 1 saturated carbocycles. The average Bonchev–Trinajstić information content (AvgIpc) is 2.90. The molecule has 0 atom stereocenters. The standard InChI is InChI=1S/C29H41N5O2/c1-34(2)28-24-10-5-6-11-25(24)32-29(33-28)31-23-15-12-22(13-16-23)20-30-18-8-7-9-21-14-17-26(35-3)27(19-21)36-4/h5-6,10-11,14,17,19,22-23,30H,7-9,12-13,15-16,18,20H2,1-4H3,(H,31,32,33)/t22-,23+. The van der Waals surface area contributed by atoms with Gasteiger partial charge in [-0.3, -0.25) is 0 Å². The van der Waals surface area contributed by atoms with E-state index >= 15 is 0 Å². The SMILES string of the molecule is COc1ccc(CCCCNC[C@H]2CC[C@@H](Nc3nc(N(C)C)c4ccccc4n3)CC2)cc1OC. The second-order valence-electron chi connectivity index (χ2n) is 9.99. The fraction of sp³-hybridized carbons (Fsp3) is 0.517. The van der Waals surface area contributed by atoms with Gasteiger partial charge >= 0.3 is 0 Å². The Kier molecular flexibility index (Phi) is 9.23. The van der Waals surface area contributed by atoms with Crippen molar-refractivity contribution >= 4 is 22.7 Å². The lowest BCUT2D eigenvalue weighted by Crippen LogP contribution is -2.32. The molecule has 1 heterocycles. The summed E-state index contributed by atoms with van der Waals surface area (Å²) in [6.07, 6.45) is 8.22. The number of ether oxygens (including phenoxy) is 2. The van der Waals surface area contributed by atoms with Crippen LogP contribution in [-0.2, 0) is 6.42 Å². The van der Waals surface area contributed by atoms with Crippen LogP contribution in [0.4, 0.5) is 11.8 Å². The Hall–Kier alpha value is -3.06. The molecule has 194 valence electrons. The van der Waals surface area contributed by atoms with Gasteiger partial charge in [0, 0.05) is 25.5 Å². The highest BCUT2D eigenvalue weighted by Gasteiger charge is 2.22. The number of fused-ring (bicyclic) bond motifs is 1. The minimum atomic E-state index is 0.443. The molecule has 3 aromatic rings. The van der Waals surface area contributed by atoms with Crippen molar-refractivity contribution in [1.82, 2.24) is 15.3 Å². The number of hydrogen-bond acceptors (Lipinski definition) is 7. The molecule has 1 aliphatic carbocycles. The molecule has 7 heteroatoms. The van der Waals surface area contributed by atoms with Gasteiger partial charge in [-0.25, -0.2) is 4.98 Å². The average molecular weight is 492 g/mol. The quantitative estimate of drug-likeness (QED) is 0.333. The minimum Gasteiger partial charge on any atom is -0.493 e. The van der Waals surface area contributed by atoms with Crippen molar-refractivity contribution in [3.63, 3.8) is 0 Å². The Morgan fingerprint density at radius 1 is 0.917 bits per heavy atom. The van der Waals surface area contributed by atoms with Crippen molar-refractivity contribution < 1.29 is 9.47 Å². The molecule has 7 nitrogen and oxygen atoms in total. The largest absolute Gasteiger partial charge is 0.493 e. The molecule has 1 fully saturated rings. The Morgan fingerprint density at radius 2 is 1.69 bits per heavy atom. The van der Waals surface area contributed by atoms with E-state index in [4.69, 9.17) is 19.4 Å². The number of anilines is 2. The molecule has 0 saturated heterocycles. The topological polar surface area (TPSA) is 71.5 Å². The third-order valence-corrected chi connectivity index (χ3v) is 7.14. The van der Waals surface area contributed by atoms with E-state index in [1.165, 1.54) is 44.1 Å². The lowest BCUT2D eigenvalue weighted by atomic mass is 9.86. The Bertz CT molecular complexity index is 1110. The number of aryl methyl sites for hydroxylation is 1. The third-order valence-electron chi connectivity index (χ3n) is 7.14. The fourth-order valence-electron chi connectivity index (χ4n) is 5.08. The first-order chi connectivity index (χ1) is 17.6. The van der Waals surface area contributed by atoms with Gasteiger partial charge in [-0.05, 0) is 93.8 Å². The maximum atomic E-state index is 5.41. The Morgan fingerprint density at radius 3 is 2.44 bits per heavy atom. The highest BCUT2D eigenvalue weighted by Crippen LogP contribution is 2.29. The summed E-state index contributed by atoms with van der Waals surface area (Å²) in [5.41, 5.74) is 2.29. The molecular formula is C29H41N5O2. The van der Waals surface area contributed by atoms with Gasteiger partial charge in [0.2, 0.25) is 5.95 Å². The number of hydrogen-bond donors (Lipinski definition) is 2. The number of rotatable bonds is 12. The van der Waals surface area contributed by atoms with Crippen LogP contribution in [0.25, 0.3) is 10.9 Å². The third kappa shape index (κ3) is 6.78. The first kappa shape index (κ1) is 26.0. The van der Waals surface area contributed by atoms with E-state index in [0.717, 1.165) is 59.6 Å². The summed E-state index contributed by atoms with van der Waals surface area (Å²) in [7, 11) is 7.43. The van der Waals surface area contributed by atoms with Crippen LogP contribution in [0.15, 0.2) is 42.5 Å². The van der Waals surface area contributed by atoms with E-state index in [0.29, 0.717) is 6.04 Å². The van der Waals surface area contributed by atoms with Gasteiger partial charge in [0.15, 0.2) is 11.5 Å². The van der Waals surface area contributed by atoms with Gasteiger partial charge in [0.05, 0.1) is 19.7 Å². The van der Waals surface area contributed by atoms with Gasteiger partial charge in [-0.15, -0.1) is 0 Å². The van der Waals surface area contributed by atoms with E-state index < -0.39 is 0 Å². The summed E-state index contributed by atoms with van der Waals surface area (Å²) < 4.78 is 10.7. The van der Waals surface area contributed by atoms with Crippen molar-refractivity contribution in [2.75, 3.05) is 51.6 Å². The second-order valence-corrected chi connectivity index (χ2v) is 9.99. The lowest BCUT2D eigenvalue weighted by Gasteiger charge is -2.29. The zero-order valence-electron chi connectivity index (χ0n) is 22.2. The predicted octanol–water partition coefficient (Wildman–Crippen LogP) is 5.30. The zero-order valence-corrected chi connectivity index (χ0v) is 22.2. The smallest absolute Gasteiger partial charge is 0.225 e. The van der Waals surface area contributed by atoms with E-state index in [-0.39, 0.29) is 0 Å². The molecule has 0 amide bonds. The molecule has 0 spiro atoms. The summed E-state index contributed by atoms with van der Waals surface area (Å²) in [5.74, 6) is 4.06. The molecule has 4 rings (SSSR count). The first-order valence-electron chi connectivity index (χ1n) is 13.2. The predicted molar refractivity (Wildman–Crippen MR) is 149 cm³/mol. The molecule has 1 aliphatic rings. The maximum Gasteiger partial charge on any atom is 0.225 e. The summed E-state index contributed by atoms with van der Waals surface area (Å²) in [6.45, 7) is 2.18. The van der Waals surface area contributed by atoms with Crippen molar-refractivity contribution in [3.8, 4) is 11.5 Å². The van der Waals surface area contributed by atoms with Crippen molar-refractivity contribution in [3.05, 3.63) is 48.0 Å². The summed E-state index contributed by atoms with van der Waals surface area (Å²) in [6, 6.07) is 14.9. The van der Waals surface area contributed by atoms with Gasteiger partial charge in [0.1, 0.15) is 5.82 Å². The lowest BCUT2D eigenvalue weighted by molar-refractivity contribution is 0.323. The minimum absolute atomic E-state index is 0.443. The number of benzene rings is 2. The van der Waals surface area contributed by atoms with Gasteiger partial charge in [0.25, 0.3) is 0 Å². The van der Waals surface area contributed by atoms with E-state index in [1.54, 1.807) is 14.2 Å². The van der Waals surface area contributed by atoms with E-state index in [9.17, 15) is 0 Å². The molecule has 0 bridgehead atoms. The summed E-state index contributed by atoms with van der Waals surface area (Å²) >= 11 is 0. The number of aromatic nitrogens is 2. The van der Waals surface area contributed by atoms with Crippen molar-refractivity contribution in [2.24, 2.45) is 5.92 Å². The van der Waals surface area contributed by atoms with Gasteiger partial charge in [-0.1, -0.05) is 18.2 Å². The first-order valence-corrected chi connectivity index (χ1v) is 13.2. The van der Waals surface area contributed by atoms with Crippen LogP contribution in [0.3, 0.4) is 0 Å². The van der Waals surface area contributed by atoms with Crippen LogP contribution in [0.1, 0.15) is 44.1 Å². The van der Waals surface area contributed by atoms with Crippen molar-refractivity contribution in [1.29, 1.82) is 0 Å². The van der Waals surface area contributed by atoms with Crippen molar-refractivity contribution in [2.45, 2.75) is 51.0 Å². The molecule has 0 aliphatic heterocycles. The number of para-hydroxylation sites is 1. The van der Waals surface area contributed by atoms with Gasteiger partial charge < -0.3 is 25.0 Å². The maximum absolute atomic E-state index is 5.41. The fourth-order valence-corrected chi connectivity index (χ4v) is 5.08. The molecule has 0 unspecified atom stereocenters. The molecule has 2 N–H and O–H groups in total. The highest BCUT2D eigenvalue weighted by molar-refractivity contribution is 5.90. The summed E-state index contributed by atoms with van der Waals surface area (Å²) in [4.78, 5) is 11.6. The number of nitrogens with zero attached hydrogens (tertiary/aromatic N) is 3. The second kappa shape index (κ2) is 12.8. The molecular weight excluding hydrogens is 450 g/mol. The van der Waals surface area contributed by atoms with Crippen LogP contribution >= 0.6 is 0 Å². The molecule has 0 radical (unpaired) electrons. The van der Waals surface area contributed by atoms with E-state index in [1.807, 2.05) is 32.3 Å². The monoisotopic (exact) mass is 491 g/mol. The van der Waals surface area contributed by atoms with Crippen LogP contribution in [-0.4, -0.2) is 57.4 Å². The Labute approximate surface area is 215 Å². The Balaban J connectivity index is 1.15. The van der Waals surface area contributed by atoms with Crippen LogP contribution in [0, 0.1) is 5.92 Å². The van der Waals surface area contributed by atoms with E-state index in [2.05, 4.69) is 39.8 Å². The molecule has 2 aromatic carbocycles.